The average Bonchev–Trinajstić information content (AvgIpc) is 2.75. The fraction of sp³-hybridized carbons (Fsp3) is 0.786. The molecule has 0 saturated heterocycles. The number of aryl methyl sites for hydroxylation is 1. The van der Waals surface area contributed by atoms with Gasteiger partial charge < -0.3 is 5.32 Å². The Morgan fingerprint density at radius 1 is 1.47 bits per heavy atom. The van der Waals surface area contributed by atoms with Crippen LogP contribution < -0.4 is 5.32 Å². The third-order valence-corrected chi connectivity index (χ3v) is 4.07. The van der Waals surface area contributed by atoms with Crippen LogP contribution in [0.4, 0.5) is 0 Å². The van der Waals surface area contributed by atoms with E-state index in [1.54, 1.807) is 0 Å². The molecule has 1 unspecified atom stereocenters. The molecule has 1 aromatic rings. The SMILES string of the molecule is CCn1cc(CNC2CCCCC2(C)C)cn1. The lowest BCUT2D eigenvalue weighted by atomic mass is 9.73. The Morgan fingerprint density at radius 2 is 2.29 bits per heavy atom. The lowest BCUT2D eigenvalue weighted by molar-refractivity contribution is 0.167. The summed E-state index contributed by atoms with van der Waals surface area (Å²) in [5.41, 5.74) is 1.74. The minimum Gasteiger partial charge on any atom is -0.309 e. The minimum absolute atomic E-state index is 0.443. The van der Waals surface area contributed by atoms with Crippen molar-refractivity contribution in [3.05, 3.63) is 18.0 Å². The van der Waals surface area contributed by atoms with Crippen LogP contribution in [0.3, 0.4) is 0 Å². The van der Waals surface area contributed by atoms with E-state index in [9.17, 15) is 0 Å². The fourth-order valence-corrected chi connectivity index (χ4v) is 2.78. The molecule has 1 aliphatic carbocycles. The number of hydrogen-bond donors (Lipinski definition) is 1. The van der Waals surface area contributed by atoms with Crippen LogP contribution in [0.1, 0.15) is 52.0 Å². The van der Waals surface area contributed by atoms with E-state index in [2.05, 4.69) is 37.4 Å². The predicted octanol–water partition coefficient (Wildman–Crippen LogP) is 2.96. The van der Waals surface area contributed by atoms with Gasteiger partial charge in [-0.2, -0.15) is 5.10 Å². The van der Waals surface area contributed by atoms with Gasteiger partial charge in [0.25, 0.3) is 0 Å². The summed E-state index contributed by atoms with van der Waals surface area (Å²) < 4.78 is 1.99. The van der Waals surface area contributed by atoms with Crippen molar-refractivity contribution in [1.29, 1.82) is 0 Å². The Hall–Kier alpha value is -0.830. The quantitative estimate of drug-likeness (QED) is 0.869. The highest BCUT2D eigenvalue weighted by Gasteiger charge is 2.31. The molecule has 1 fully saturated rings. The number of nitrogens with one attached hydrogen (secondary N) is 1. The van der Waals surface area contributed by atoms with Crippen molar-refractivity contribution < 1.29 is 0 Å². The third kappa shape index (κ3) is 3.09. The van der Waals surface area contributed by atoms with Crippen LogP contribution in [0, 0.1) is 5.41 Å². The Kier molecular flexibility index (Phi) is 3.87. The van der Waals surface area contributed by atoms with Crippen molar-refractivity contribution in [2.24, 2.45) is 5.41 Å². The number of aromatic nitrogens is 2. The van der Waals surface area contributed by atoms with Crippen molar-refractivity contribution in [3.63, 3.8) is 0 Å². The maximum absolute atomic E-state index is 4.31. The smallest absolute Gasteiger partial charge is 0.0534 e. The Bertz CT molecular complexity index is 354. The first kappa shape index (κ1) is 12.6. The largest absolute Gasteiger partial charge is 0.309 e. The van der Waals surface area contributed by atoms with Gasteiger partial charge in [-0.1, -0.05) is 26.7 Å². The van der Waals surface area contributed by atoms with E-state index in [1.807, 2.05) is 10.9 Å². The zero-order valence-electron chi connectivity index (χ0n) is 11.4. The summed E-state index contributed by atoms with van der Waals surface area (Å²) in [7, 11) is 0. The molecule has 0 aliphatic heterocycles. The lowest BCUT2D eigenvalue weighted by Crippen LogP contribution is -2.43. The van der Waals surface area contributed by atoms with Crippen LogP contribution >= 0.6 is 0 Å². The van der Waals surface area contributed by atoms with Gasteiger partial charge in [0.2, 0.25) is 0 Å². The van der Waals surface area contributed by atoms with E-state index in [0.29, 0.717) is 11.5 Å². The van der Waals surface area contributed by atoms with Crippen LogP contribution in [-0.4, -0.2) is 15.8 Å². The Morgan fingerprint density at radius 3 is 2.94 bits per heavy atom. The number of rotatable bonds is 4. The van der Waals surface area contributed by atoms with Gasteiger partial charge in [-0.05, 0) is 25.2 Å². The zero-order chi connectivity index (χ0) is 12.3. The molecule has 1 aliphatic rings. The Labute approximate surface area is 105 Å². The van der Waals surface area contributed by atoms with E-state index in [-0.39, 0.29) is 0 Å². The van der Waals surface area contributed by atoms with E-state index in [0.717, 1.165) is 13.1 Å². The zero-order valence-corrected chi connectivity index (χ0v) is 11.4. The molecule has 1 atom stereocenters. The summed E-state index contributed by atoms with van der Waals surface area (Å²) in [6, 6.07) is 0.654. The molecule has 0 bridgehead atoms. The molecule has 2 rings (SSSR count). The van der Waals surface area contributed by atoms with Gasteiger partial charge in [-0.3, -0.25) is 4.68 Å². The van der Waals surface area contributed by atoms with Crippen molar-refractivity contribution in [3.8, 4) is 0 Å². The molecule has 1 aromatic heterocycles. The van der Waals surface area contributed by atoms with Crippen molar-refractivity contribution in [2.75, 3.05) is 0 Å². The average molecular weight is 235 g/mol. The topological polar surface area (TPSA) is 29.9 Å². The molecule has 3 nitrogen and oxygen atoms in total. The van der Waals surface area contributed by atoms with Crippen molar-refractivity contribution in [2.45, 2.75) is 65.6 Å². The summed E-state index contributed by atoms with van der Waals surface area (Å²) in [6.07, 6.45) is 9.54. The van der Waals surface area contributed by atoms with Gasteiger partial charge >= 0.3 is 0 Å². The molecule has 0 spiro atoms. The molecule has 0 amide bonds. The summed E-state index contributed by atoms with van der Waals surface area (Å²) in [5, 5.41) is 8.02. The van der Waals surface area contributed by atoms with Crippen LogP contribution in [0.25, 0.3) is 0 Å². The summed E-state index contributed by atoms with van der Waals surface area (Å²) in [6.45, 7) is 8.80. The summed E-state index contributed by atoms with van der Waals surface area (Å²) >= 11 is 0. The van der Waals surface area contributed by atoms with E-state index >= 15 is 0 Å². The van der Waals surface area contributed by atoms with E-state index < -0.39 is 0 Å². The number of hydrogen-bond acceptors (Lipinski definition) is 2. The lowest BCUT2D eigenvalue weighted by Gasteiger charge is -2.39. The molecule has 1 saturated carbocycles. The molecule has 0 aromatic carbocycles. The van der Waals surface area contributed by atoms with Crippen LogP contribution in [-0.2, 0) is 13.1 Å². The van der Waals surface area contributed by atoms with Crippen LogP contribution in [0.15, 0.2) is 12.4 Å². The van der Waals surface area contributed by atoms with Gasteiger partial charge in [-0.25, -0.2) is 0 Å². The molecule has 0 radical (unpaired) electrons. The maximum Gasteiger partial charge on any atom is 0.0534 e. The molecule has 1 N–H and O–H groups in total. The number of nitrogens with zero attached hydrogens (tertiary/aromatic N) is 2. The first-order valence-electron chi connectivity index (χ1n) is 6.86. The molecular formula is C14H25N3. The third-order valence-electron chi connectivity index (χ3n) is 4.07. The summed E-state index contributed by atoms with van der Waals surface area (Å²) in [4.78, 5) is 0. The van der Waals surface area contributed by atoms with E-state index in [4.69, 9.17) is 0 Å². The predicted molar refractivity (Wildman–Crippen MR) is 70.8 cm³/mol. The van der Waals surface area contributed by atoms with Gasteiger partial charge in [0.05, 0.1) is 6.20 Å². The standard InChI is InChI=1S/C14H25N3/c1-4-17-11-12(10-16-17)9-15-13-7-5-6-8-14(13,2)3/h10-11,13,15H,4-9H2,1-3H3. The van der Waals surface area contributed by atoms with Gasteiger partial charge in [0, 0.05) is 30.9 Å². The van der Waals surface area contributed by atoms with Crippen molar-refractivity contribution in [1.82, 2.24) is 15.1 Å². The molecular weight excluding hydrogens is 210 g/mol. The fourth-order valence-electron chi connectivity index (χ4n) is 2.78. The van der Waals surface area contributed by atoms with E-state index in [1.165, 1.54) is 31.2 Å². The van der Waals surface area contributed by atoms with Crippen LogP contribution in [0.2, 0.25) is 0 Å². The highest BCUT2D eigenvalue weighted by atomic mass is 15.3. The highest BCUT2D eigenvalue weighted by Crippen LogP contribution is 2.35. The first-order valence-corrected chi connectivity index (χ1v) is 6.86. The van der Waals surface area contributed by atoms with Crippen molar-refractivity contribution >= 4 is 0 Å². The first-order chi connectivity index (χ1) is 8.12. The monoisotopic (exact) mass is 235 g/mol. The summed E-state index contributed by atoms with van der Waals surface area (Å²) in [5.74, 6) is 0. The molecule has 96 valence electrons. The van der Waals surface area contributed by atoms with Gasteiger partial charge in [0.15, 0.2) is 0 Å². The molecule has 1 heterocycles. The van der Waals surface area contributed by atoms with Crippen LogP contribution in [0.5, 0.6) is 0 Å². The van der Waals surface area contributed by atoms with Gasteiger partial charge in [0.1, 0.15) is 0 Å². The molecule has 3 heteroatoms. The second-order valence-electron chi connectivity index (χ2n) is 5.87. The second kappa shape index (κ2) is 5.21. The normalized spacial score (nSPS) is 23.8. The highest BCUT2D eigenvalue weighted by molar-refractivity contribution is 5.04. The molecule has 17 heavy (non-hydrogen) atoms. The Balaban J connectivity index is 1.88. The minimum atomic E-state index is 0.443. The second-order valence-corrected chi connectivity index (χ2v) is 5.87. The van der Waals surface area contributed by atoms with Gasteiger partial charge in [-0.15, -0.1) is 0 Å². The maximum atomic E-state index is 4.31.